The summed E-state index contributed by atoms with van der Waals surface area (Å²) >= 11 is 1.48. The summed E-state index contributed by atoms with van der Waals surface area (Å²) in [5, 5.41) is 13.9. The van der Waals surface area contributed by atoms with Gasteiger partial charge >= 0.3 is 0 Å². The second kappa shape index (κ2) is 8.02. The molecule has 0 aliphatic heterocycles. The van der Waals surface area contributed by atoms with Crippen LogP contribution in [0.5, 0.6) is 0 Å². The molecule has 0 radical (unpaired) electrons. The van der Waals surface area contributed by atoms with Crippen LogP contribution in [0, 0.1) is 5.92 Å². The Kier molecular flexibility index (Phi) is 5.29. The topological polar surface area (TPSA) is 101 Å². The standard InChI is InChI=1S/C20H21N5O2S/c1-2-14(21-18(26)12-9-6-10-12)16-19(27)23-17(25-24-16)15-11-28-20(22-15)13-7-4-3-5-8-13/h3-5,7-8,11-12,14H,2,6,9-10H2,1H3,(H,21,26)(H,23,25,27). The SMILES string of the molecule is CCC(NC(=O)C1CCC1)c1nnc(-c2csc(-c3ccccc3)n2)[nH]c1=O. The van der Waals surface area contributed by atoms with Crippen molar-refractivity contribution >= 4 is 17.2 Å². The van der Waals surface area contributed by atoms with Crippen LogP contribution < -0.4 is 10.9 Å². The molecule has 4 rings (SSSR count). The van der Waals surface area contributed by atoms with E-state index in [0.717, 1.165) is 29.8 Å². The van der Waals surface area contributed by atoms with E-state index >= 15 is 0 Å². The number of carbonyl (C=O) groups excluding carboxylic acids is 1. The third-order valence-corrected chi connectivity index (χ3v) is 5.91. The number of benzene rings is 1. The number of aromatic nitrogens is 4. The van der Waals surface area contributed by atoms with E-state index in [0.29, 0.717) is 17.9 Å². The fourth-order valence-electron chi connectivity index (χ4n) is 3.11. The van der Waals surface area contributed by atoms with Gasteiger partial charge in [-0.3, -0.25) is 9.59 Å². The van der Waals surface area contributed by atoms with Gasteiger partial charge in [0.15, 0.2) is 11.5 Å². The third-order valence-electron chi connectivity index (χ3n) is 5.02. The summed E-state index contributed by atoms with van der Waals surface area (Å²) in [5.41, 5.74) is 1.47. The molecule has 1 amide bonds. The van der Waals surface area contributed by atoms with Crippen molar-refractivity contribution in [3.63, 3.8) is 0 Å². The fraction of sp³-hybridized carbons (Fsp3) is 0.350. The maximum absolute atomic E-state index is 12.6. The zero-order chi connectivity index (χ0) is 19.5. The van der Waals surface area contributed by atoms with Crippen LogP contribution in [0.1, 0.15) is 44.3 Å². The average molecular weight is 395 g/mol. The minimum Gasteiger partial charge on any atom is -0.347 e. The van der Waals surface area contributed by atoms with Crippen molar-refractivity contribution in [2.75, 3.05) is 0 Å². The van der Waals surface area contributed by atoms with Gasteiger partial charge in [-0.15, -0.1) is 21.5 Å². The first-order chi connectivity index (χ1) is 13.7. The summed E-state index contributed by atoms with van der Waals surface area (Å²) < 4.78 is 0. The largest absolute Gasteiger partial charge is 0.347 e. The van der Waals surface area contributed by atoms with Crippen LogP contribution in [-0.2, 0) is 4.79 Å². The van der Waals surface area contributed by atoms with Gasteiger partial charge in [0, 0.05) is 16.9 Å². The Morgan fingerprint density at radius 2 is 2.07 bits per heavy atom. The molecule has 1 saturated carbocycles. The summed E-state index contributed by atoms with van der Waals surface area (Å²) in [6, 6.07) is 9.39. The Morgan fingerprint density at radius 3 is 2.71 bits per heavy atom. The number of thiazole rings is 1. The summed E-state index contributed by atoms with van der Waals surface area (Å²) in [5.74, 6) is 0.384. The first kappa shape index (κ1) is 18.5. The number of aromatic amines is 1. The van der Waals surface area contributed by atoms with Gasteiger partial charge in [0.2, 0.25) is 5.91 Å². The molecule has 1 aliphatic carbocycles. The number of amides is 1. The van der Waals surface area contributed by atoms with E-state index < -0.39 is 6.04 Å². The van der Waals surface area contributed by atoms with E-state index in [9.17, 15) is 9.59 Å². The molecule has 2 aromatic heterocycles. The minimum absolute atomic E-state index is 0.00428. The van der Waals surface area contributed by atoms with Gasteiger partial charge in [0.05, 0.1) is 6.04 Å². The molecule has 1 unspecified atom stereocenters. The van der Waals surface area contributed by atoms with E-state index in [-0.39, 0.29) is 23.1 Å². The number of nitrogens with zero attached hydrogens (tertiary/aromatic N) is 3. The van der Waals surface area contributed by atoms with Gasteiger partial charge in [-0.25, -0.2) is 4.98 Å². The molecular weight excluding hydrogens is 374 g/mol. The highest BCUT2D eigenvalue weighted by molar-refractivity contribution is 7.13. The number of nitrogens with one attached hydrogen (secondary N) is 2. The first-order valence-electron chi connectivity index (χ1n) is 9.44. The molecule has 0 spiro atoms. The van der Waals surface area contributed by atoms with Gasteiger partial charge in [-0.1, -0.05) is 43.7 Å². The van der Waals surface area contributed by atoms with Crippen molar-refractivity contribution in [3.8, 4) is 22.1 Å². The second-order valence-corrected chi connectivity index (χ2v) is 7.75. The maximum atomic E-state index is 12.6. The lowest BCUT2D eigenvalue weighted by atomic mass is 9.84. The zero-order valence-electron chi connectivity index (χ0n) is 15.5. The molecule has 28 heavy (non-hydrogen) atoms. The fourth-order valence-corrected chi connectivity index (χ4v) is 3.92. The molecule has 0 saturated heterocycles. The molecule has 1 aromatic carbocycles. The summed E-state index contributed by atoms with van der Waals surface area (Å²) in [7, 11) is 0. The number of hydrogen-bond donors (Lipinski definition) is 2. The molecular formula is C20H21N5O2S. The van der Waals surface area contributed by atoms with Gasteiger partial charge in [-0.05, 0) is 19.3 Å². The zero-order valence-corrected chi connectivity index (χ0v) is 16.3. The van der Waals surface area contributed by atoms with Crippen molar-refractivity contribution in [1.82, 2.24) is 25.5 Å². The van der Waals surface area contributed by atoms with E-state index in [2.05, 4.69) is 25.5 Å². The Morgan fingerprint density at radius 1 is 1.29 bits per heavy atom. The van der Waals surface area contributed by atoms with Crippen molar-refractivity contribution in [2.45, 2.75) is 38.6 Å². The average Bonchev–Trinajstić information content (AvgIpc) is 3.16. The van der Waals surface area contributed by atoms with Crippen LogP contribution in [0.3, 0.4) is 0 Å². The van der Waals surface area contributed by atoms with Crippen LogP contribution in [-0.4, -0.2) is 26.1 Å². The minimum atomic E-state index is -0.436. The highest BCUT2D eigenvalue weighted by Crippen LogP contribution is 2.28. The number of rotatable bonds is 6. The number of carbonyl (C=O) groups is 1. The molecule has 8 heteroatoms. The monoisotopic (exact) mass is 395 g/mol. The molecule has 144 valence electrons. The molecule has 1 aliphatic rings. The Labute approximate surface area is 166 Å². The summed E-state index contributed by atoms with van der Waals surface area (Å²) in [4.78, 5) is 32.1. The van der Waals surface area contributed by atoms with E-state index in [4.69, 9.17) is 0 Å². The molecule has 1 fully saturated rings. The van der Waals surface area contributed by atoms with Crippen molar-refractivity contribution in [1.29, 1.82) is 0 Å². The molecule has 2 heterocycles. The normalized spacial score (nSPS) is 15.0. The maximum Gasteiger partial charge on any atom is 0.275 e. The predicted molar refractivity (Wildman–Crippen MR) is 108 cm³/mol. The van der Waals surface area contributed by atoms with Crippen molar-refractivity contribution in [2.24, 2.45) is 5.92 Å². The first-order valence-corrected chi connectivity index (χ1v) is 10.3. The van der Waals surface area contributed by atoms with Crippen LogP contribution in [0.15, 0.2) is 40.5 Å². The summed E-state index contributed by atoms with van der Waals surface area (Å²) in [6.45, 7) is 1.91. The molecule has 1 atom stereocenters. The van der Waals surface area contributed by atoms with Crippen LogP contribution >= 0.6 is 11.3 Å². The van der Waals surface area contributed by atoms with Crippen LogP contribution in [0.2, 0.25) is 0 Å². The molecule has 0 bridgehead atoms. The highest BCUT2D eigenvalue weighted by atomic mass is 32.1. The lowest BCUT2D eigenvalue weighted by molar-refractivity contribution is -0.128. The lowest BCUT2D eigenvalue weighted by Crippen LogP contribution is -2.39. The van der Waals surface area contributed by atoms with E-state index in [1.807, 2.05) is 42.6 Å². The van der Waals surface area contributed by atoms with E-state index in [1.54, 1.807) is 0 Å². The Balaban J connectivity index is 1.55. The van der Waals surface area contributed by atoms with Crippen molar-refractivity contribution in [3.05, 3.63) is 51.8 Å². The molecule has 7 nitrogen and oxygen atoms in total. The van der Waals surface area contributed by atoms with Crippen LogP contribution in [0.25, 0.3) is 22.1 Å². The smallest absolute Gasteiger partial charge is 0.275 e. The second-order valence-electron chi connectivity index (χ2n) is 6.89. The Bertz CT molecular complexity index is 1030. The number of hydrogen-bond acceptors (Lipinski definition) is 6. The molecule has 2 N–H and O–H groups in total. The predicted octanol–water partition coefficient (Wildman–Crippen LogP) is 3.32. The van der Waals surface area contributed by atoms with Gasteiger partial charge < -0.3 is 10.3 Å². The molecule has 3 aromatic rings. The van der Waals surface area contributed by atoms with Crippen molar-refractivity contribution < 1.29 is 4.79 Å². The summed E-state index contributed by atoms with van der Waals surface area (Å²) in [6.07, 6.45) is 3.49. The van der Waals surface area contributed by atoms with Crippen LogP contribution in [0.4, 0.5) is 0 Å². The van der Waals surface area contributed by atoms with Gasteiger partial charge in [0.1, 0.15) is 10.7 Å². The highest BCUT2D eigenvalue weighted by Gasteiger charge is 2.28. The number of H-pyrrole nitrogens is 1. The van der Waals surface area contributed by atoms with Gasteiger partial charge in [0.25, 0.3) is 5.56 Å². The van der Waals surface area contributed by atoms with Gasteiger partial charge in [-0.2, -0.15) is 0 Å². The third kappa shape index (κ3) is 3.73. The van der Waals surface area contributed by atoms with E-state index in [1.165, 1.54) is 11.3 Å². The lowest BCUT2D eigenvalue weighted by Gasteiger charge is -2.26. The quantitative estimate of drug-likeness (QED) is 0.667. The Hall–Kier alpha value is -2.87.